The third-order valence-corrected chi connectivity index (χ3v) is 3.12. The highest BCUT2D eigenvalue weighted by Gasteiger charge is 2.11. The molecule has 0 aliphatic heterocycles. The largest absolute Gasteiger partial charge is 0.478 e. The van der Waals surface area contributed by atoms with E-state index in [0.717, 1.165) is 5.56 Å². The average molecular weight is 273 g/mol. The number of carboxylic acid groups (broad SMARTS) is 1. The summed E-state index contributed by atoms with van der Waals surface area (Å²) in [6.07, 6.45) is 3.04. The first-order chi connectivity index (χ1) is 9.16. The van der Waals surface area contributed by atoms with Gasteiger partial charge in [0.15, 0.2) is 0 Å². The van der Waals surface area contributed by atoms with Crippen LogP contribution in [0, 0.1) is 0 Å². The van der Waals surface area contributed by atoms with Crippen LogP contribution in [0.15, 0.2) is 47.2 Å². The second kappa shape index (κ2) is 5.97. The molecule has 2 rings (SSSR count). The lowest BCUT2D eigenvalue weighted by Gasteiger charge is -2.00. The first-order valence-electron chi connectivity index (χ1n) is 5.50. The highest BCUT2D eigenvalue weighted by Crippen LogP contribution is 2.20. The number of hydrogen-bond acceptors (Lipinski definition) is 3. The SMILES string of the molecule is O=C(/C=C/c1ccccc1)Nc1cscc1C(=O)O. The first kappa shape index (κ1) is 13.0. The van der Waals surface area contributed by atoms with Gasteiger partial charge in [0.1, 0.15) is 0 Å². The summed E-state index contributed by atoms with van der Waals surface area (Å²) in [6.45, 7) is 0. The number of carbonyl (C=O) groups is 2. The maximum absolute atomic E-state index is 11.7. The summed E-state index contributed by atoms with van der Waals surface area (Å²) in [5, 5.41) is 14.5. The van der Waals surface area contributed by atoms with Crippen molar-refractivity contribution >= 4 is 35.0 Å². The molecule has 19 heavy (non-hydrogen) atoms. The van der Waals surface area contributed by atoms with Crippen LogP contribution in [0.25, 0.3) is 6.08 Å². The van der Waals surface area contributed by atoms with Crippen LogP contribution < -0.4 is 5.32 Å². The lowest BCUT2D eigenvalue weighted by atomic mass is 10.2. The fraction of sp³-hybridized carbons (Fsp3) is 0. The molecule has 0 radical (unpaired) electrons. The molecule has 1 aromatic heterocycles. The minimum atomic E-state index is -1.05. The molecule has 1 amide bonds. The molecule has 0 saturated heterocycles. The molecule has 96 valence electrons. The van der Waals surface area contributed by atoms with Crippen LogP contribution in [-0.2, 0) is 4.79 Å². The zero-order valence-electron chi connectivity index (χ0n) is 9.87. The molecule has 0 saturated carbocycles. The smallest absolute Gasteiger partial charge is 0.338 e. The van der Waals surface area contributed by atoms with Gasteiger partial charge in [-0.3, -0.25) is 4.79 Å². The third kappa shape index (κ3) is 3.53. The van der Waals surface area contributed by atoms with E-state index in [1.54, 1.807) is 11.5 Å². The van der Waals surface area contributed by atoms with Crippen LogP contribution in [0.3, 0.4) is 0 Å². The number of hydrogen-bond donors (Lipinski definition) is 2. The topological polar surface area (TPSA) is 66.4 Å². The van der Waals surface area contributed by atoms with E-state index in [0.29, 0.717) is 5.69 Å². The van der Waals surface area contributed by atoms with Gasteiger partial charge in [-0.2, -0.15) is 0 Å². The number of thiophene rings is 1. The number of carbonyl (C=O) groups excluding carboxylic acids is 1. The van der Waals surface area contributed by atoms with Gasteiger partial charge < -0.3 is 10.4 Å². The summed E-state index contributed by atoms with van der Waals surface area (Å²) in [7, 11) is 0. The van der Waals surface area contributed by atoms with E-state index in [9.17, 15) is 9.59 Å². The van der Waals surface area contributed by atoms with Gasteiger partial charge in [0, 0.05) is 16.8 Å². The second-order valence-electron chi connectivity index (χ2n) is 3.74. The molecular weight excluding hydrogens is 262 g/mol. The van der Waals surface area contributed by atoms with Gasteiger partial charge in [-0.1, -0.05) is 30.3 Å². The molecule has 2 aromatic rings. The Morgan fingerprint density at radius 2 is 1.89 bits per heavy atom. The fourth-order valence-corrected chi connectivity index (χ4v) is 2.22. The summed E-state index contributed by atoms with van der Waals surface area (Å²) < 4.78 is 0. The Morgan fingerprint density at radius 1 is 1.16 bits per heavy atom. The molecular formula is C14H11NO3S. The van der Waals surface area contributed by atoms with E-state index in [-0.39, 0.29) is 11.5 Å². The Bertz CT molecular complexity index is 617. The van der Waals surface area contributed by atoms with Crippen LogP contribution in [0.4, 0.5) is 5.69 Å². The molecule has 0 unspecified atom stereocenters. The van der Waals surface area contributed by atoms with Crippen molar-refractivity contribution in [3.63, 3.8) is 0 Å². The summed E-state index contributed by atoms with van der Waals surface area (Å²) >= 11 is 1.23. The van der Waals surface area contributed by atoms with Crippen LogP contribution in [-0.4, -0.2) is 17.0 Å². The van der Waals surface area contributed by atoms with Crippen molar-refractivity contribution in [2.45, 2.75) is 0 Å². The Balaban J connectivity index is 2.04. The Morgan fingerprint density at radius 3 is 2.58 bits per heavy atom. The minimum Gasteiger partial charge on any atom is -0.478 e. The molecule has 0 aliphatic rings. The summed E-state index contributed by atoms with van der Waals surface area (Å²) in [6, 6.07) is 9.38. The number of aromatic carboxylic acids is 1. The molecule has 0 atom stereocenters. The van der Waals surface area contributed by atoms with Crippen molar-refractivity contribution in [3.8, 4) is 0 Å². The van der Waals surface area contributed by atoms with Crippen molar-refractivity contribution in [3.05, 3.63) is 58.3 Å². The molecule has 1 aromatic carbocycles. The standard InChI is InChI=1S/C14H11NO3S/c16-13(7-6-10-4-2-1-3-5-10)15-12-9-19-8-11(12)14(17)18/h1-9H,(H,15,16)(H,17,18)/b7-6+. The minimum absolute atomic E-state index is 0.103. The number of anilines is 1. The van der Waals surface area contributed by atoms with Crippen molar-refractivity contribution in [2.24, 2.45) is 0 Å². The maximum atomic E-state index is 11.7. The van der Waals surface area contributed by atoms with Crippen LogP contribution in [0.2, 0.25) is 0 Å². The van der Waals surface area contributed by atoms with Crippen molar-refractivity contribution in [1.82, 2.24) is 0 Å². The molecule has 5 heteroatoms. The maximum Gasteiger partial charge on any atom is 0.338 e. The molecule has 1 heterocycles. The number of carboxylic acids is 1. The van der Waals surface area contributed by atoms with E-state index in [1.807, 2.05) is 30.3 Å². The fourth-order valence-electron chi connectivity index (χ4n) is 1.47. The van der Waals surface area contributed by atoms with Gasteiger partial charge in [0.25, 0.3) is 0 Å². The molecule has 4 nitrogen and oxygen atoms in total. The lowest BCUT2D eigenvalue weighted by Crippen LogP contribution is -2.10. The van der Waals surface area contributed by atoms with Crippen molar-refractivity contribution in [1.29, 1.82) is 0 Å². The van der Waals surface area contributed by atoms with Crippen LogP contribution in [0.1, 0.15) is 15.9 Å². The Hall–Kier alpha value is -2.40. The lowest BCUT2D eigenvalue weighted by molar-refractivity contribution is -0.111. The van der Waals surface area contributed by atoms with Crippen molar-refractivity contribution < 1.29 is 14.7 Å². The van der Waals surface area contributed by atoms with Crippen molar-refractivity contribution in [2.75, 3.05) is 5.32 Å². The highest BCUT2D eigenvalue weighted by atomic mass is 32.1. The van der Waals surface area contributed by atoms with E-state index in [2.05, 4.69) is 5.32 Å². The number of amides is 1. The predicted molar refractivity (Wildman–Crippen MR) is 75.4 cm³/mol. The van der Waals surface area contributed by atoms with Gasteiger partial charge in [0.05, 0.1) is 11.3 Å². The predicted octanol–water partition coefficient (Wildman–Crippen LogP) is 3.10. The Labute approximate surface area is 114 Å². The second-order valence-corrected chi connectivity index (χ2v) is 4.48. The number of nitrogens with one attached hydrogen (secondary N) is 1. The summed E-state index contributed by atoms with van der Waals surface area (Å²) in [5.41, 5.74) is 1.33. The van der Waals surface area contributed by atoms with Crippen LogP contribution in [0.5, 0.6) is 0 Å². The molecule has 0 fully saturated rings. The summed E-state index contributed by atoms with van der Waals surface area (Å²) in [4.78, 5) is 22.6. The highest BCUT2D eigenvalue weighted by molar-refractivity contribution is 7.08. The van der Waals surface area contributed by atoms with E-state index in [4.69, 9.17) is 5.11 Å². The van der Waals surface area contributed by atoms with Gasteiger partial charge in [0.2, 0.25) is 5.91 Å². The van der Waals surface area contributed by atoms with E-state index >= 15 is 0 Å². The van der Waals surface area contributed by atoms with Gasteiger partial charge in [-0.05, 0) is 11.6 Å². The first-order valence-corrected chi connectivity index (χ1v) is 6.44. The van der Waals surface area contributed by atoms with Gasteiger partial charge >= 0.3 is 5.97 Å². The monoisotopic (exact) mass is 273 g/mol. The quantitative estimate of drug-likeness (QED) is 0.841. The number of rotatable bonds is 4. The zero-order chi connectivity index (χ0) is 13.7. The normalized spacial score (nSPS) is 10.5. The molecule has 0 aliphatic carbocycles. The van der Waals surface area contributed by atoms with Crippen LogP contribution >= 0.6 is 11.3 Å². The van der Waals surface area contributed by atoms with E-state index < -0.39 is 5.97 Å². The number of benzene rings is 1. The zero-order valence-corrected chi connectivity index (χ0v) is 10.7. The third-order valence-electron chi connectivity index (χ3n) is 2.38. The van der Waals surface area contributed by atoms with Gasteiger partial charge in [-0.15, -0.1) is 11.3 Å². The summed E-state index contributed by atoms with van der Waals surface area (Å²) in [5.74, 6) is -1.41. The molecule has 0 bridgehead atoms. The molecule has 0 spiro atoms. The molecule has 2 N–H and O–H groups in total. The van der Waals surface area contributed by atoms with Gasteiger partial charge in [-0.25, -0.2) is 4.79 Å². The average Bonchev–Trinajstić information content (AvgIpc) is 2.86. The Kier molecular flexibility index (Phi) is 4.10. The van der Waals surface area contributed by atoms with E-state index in [1.165, 1.54) is 22.8 Å².